The van der Waals surface area contributed by atoms with E-state index in [9.17, 15) is 0 Å². The fourth-order valence-corrected chi connectivity index (χ4v) is 1.57. The van der Waals surface area contributed by atoms with Gasteiger partial charge < -0.3 is 10.5 Å². The minimum absolute atomic E-state index is 0.445. The van der Waals surface area contributed by atoms with E-state index in [0.717, 1.165) is 18.7 Å². The lowest BCUT2D eigenvalue weighted by Gasteiger charge is -2.06. The molecule has 2 N–H and O–H groups in total. The summed E-state index contributed by atoms with van der Waals surface area (Å²) in [4.78, 5) is 12.5. The fraction of sp³-hybridized carbons (Fsp3) is 0.250. The predicted molar refractivity (Wildman–Crippen MR) is 62.7 cm³/mol. The molecule has 0 aliphatic heterocycles. The van der Waals surface area contributed by atoms with Crippen LogP contribution in [0.25, 0.3) is 0 Å². The number of ether oxygens (including phenoxy) is 1. The molecule has 1 fully saturated rings. The van der Waals surface area contributed by atoms with Crippen molar-refractivity contribution in [2.75, 3.05) is 5.73 Å². The molecule has 0 radical (unpaired) electrons. The van der Waals surface area contributed by atoms with Gasteiger partial charge in [-0.2, -0.15) is 4.98 Å². The lowest BCUT2D eigenvalue weighted by Crippen LogP contribution is -2.00. The minimum atomic E-state index is 0.445. The molecule has 0 spiro atoms. The Balaban J connectivity index is 1.87. The van der Waals surface area contributed by atoms with Crippen molar-refractivity contribution in [2.24, 2.45) is 0 Å². The molecule has 1 aliphatic carbocycles. The summed E-state index contributed by atoms with van der Waals surface area (Å²) in [6.45, 7) is 0. The van der Waals surface area contributed by atoms with Crippen LogP contribution in [0.5, 0.6) is 11.6 Å². The topological polar surface area (TPSA) is 73.9 Å². The molecule has 86 valence electrons. The normalized spacial score (nSPS) is 14.6. The third-order valence-corrected chi connectivity index (χ3v) is 2.54. The molecular formula is C12H12N4O. The highest BCUT2D eigenvalue weighted by atomic mass is 16.5. The maximum absolute atomic E-state index is 5.73. The molecule has 17 heavy (non-hydrogen) atoms. The minimum Gasteiger partial charge on any atom is -0.437 e. The molecule has 5 nitrogen and oxygen atoms in total. The Labute approximate surface area is 98.7 Å². The first-order valence-electron chi connectivity index (χ1n) is 5.53. The highest BCUT2D eigenvalue weighted by Gasteiger charge is 2.27. The van der Waals surface area contributed by atoms with E-state index in [1.165, 1.54) is 0 Å². The first-order chi connectivity index (χ1) is 8.31. The van der Waals surface area contributed by atoms with Crippen molar-refractivity contribution >= 4 is 5.82 Å². The van der Waals surface area contributed by atoms with Crippen LogP contribution < -0.4 is 10.5 Å². The van der Waals surface area contributed by atoms with Gasteiger partial charge in [0.1, 0.15) is 17.4 Å². The van der Waals surface area contributed by atoms with E-state index < -0.39 is 0 Å². The van der Waals surface area contributed by atoms with Gasteiger partial charge in [-0.1, -0.05) is 0 Å². The van der Waals surface area contributed by atoms with Crippen LogP contribution >= 0.6 is 0 Å². The molecule has 5 heteroatoms. The summed E-state index contributed by atoms with van der Waals surface area (Å²) in [5.74, 6) is 2.80. The van der Waals surface area contributed by atoms with E-state index >= 15 is 0 Å². The molecule has 0 aromatic carbocycles. The summed E-state index contributed by atoms with van der Waals surface area (Å²) in [5.41, 5.74) is 5.73. The number of anilines is 1. The number of aromatic nitrogens is 3. The molecule has 3 rings (SSSR count). The molecule has 1 saturated carbocycles. The van der Waals surface area contributed by atoms with Gasteiger partial charge in [-0.05, 0) is 25.0 Å². The van der Waals surface area contributed by atoms with E-state index in [1.807, 2.05) is 12.1 Å². The molecule has 0 saturated heterocycles. The third-order valence-electron chi connectivity index (χ3n) is 2.54. The van der Waals surface area contributed by atoms with Crippen molar-refractivity contribution in [3.05, 3.63) is 36.4 Å². The third kappa shape index (κ3) is 2.33. The fourth-order valence-electron chi connectivity index (χ4n) is 1.57. The summed E-state index contributed by atoms with van der Waals surface area (Å²) < 4.78 is 5.58. The second kappa shape index (κ2) is 4.01. The van der Waals surface area contributed by atoms with Gasteiger partial charge in [0.25, 0.3) is 0 Å². The van der Waals surface area contributed by atoms with Gasteiger partial charge in [-0.25, -0.2) is 4.98 Å². The lowest BCUT2D eigenvalue weighted by atomic mass is 10.4. The number of pyridine rings is 1. The van der Waals surface area contributed by atoms with Gasteiger partial charge in [-0.15, -0.1) is 0 Å². The first-order valence-corrected chi connectivity index (χ1v) is 5.53. The average Bonchev–Trinajstić information content (AvgIpc) is 3.13. The Bertz CT molecular complexity index is 525. The zero-order valence-electron chi connectivity index (χ0n) is 9.21. The van der Waals surface area contributed by atoms with Gasteiger partial charge in [0.05, 0.1) is 6.20 Å². The van der Waals surface area contributed by atoms with Crippen molar-refractivity contribution in [1.29, 1.82) is 0 Å². The van der Waals surface area contributed by atoms with Crippen molar-refractivity contribution in [3.8, 4) is 11.6 Å². The number of rotatable bonds is 3. The largest absolute Gasteiger partial charge is 0.437 e. The number of nitrogens with two attached hydrogens (primary N) is 1. The van der Waals surface area contributed by atoms with Gasteiger partial charge in [0, 0.05) is 18.2 Å². The number of hydrogen-bond acceptors (Lipinski definition) is 5. The quantitative estimate of drug-likeness (QED) is 0.871. The van der Waals surface area contributed by atoms with E-state index in [2.05, 4.69) is 15.0 Å². The Kier molecular flexibility index (Phi) is 2.36. The van der Waals surface area contributed by atoms with Crippen molar-refractivity contribution < 1.29 is 4.74 Å². The van der Waals surface area contributed by atoms with Crippen LogP contribution in [0.3, 0.4) is 0 Å². The van der Waals surface area contributed by atoms with Crippen LogP contribution in [-0.2, 0) is 0 Å². The maximum Gasteiger partial charge on any atom is 0.224 e. The highest BCUT2D eigenvalue weighted by Crippen LogP contribution is 2.39. The average molecular weight is 228 g/mol. The van der Waals surface area contributed by atoms with Gasteiger partial charge in [0.2, 0.25) is 5.88 Å². The number of hydrogen-bond donors (Lipinski definition) is 1. The van der Waals surface area contributed by atoms with E-state index in [1.54, 1.807) is 18.5 Å². The van der Waals surface area contributed by atoms with Crippen LogP contribution in [0.2, 0.25) is 0 Å². The molecule has 0 bridgehead atoms. The number of nitrogen functional groups attached to an aromatic ring is 1. The van der Waals surface area contributed by atoms with Gasteiger partial charge >= 0.3 is 0 Å². The van der Waals surface area contributed by atoms with Crippen LogP contribution in [0.1, 0.15) is 24.6 Å². The summed E-state index contributed by atoms with van der Waals surface area (Å²) in [6.07, 6.45) is 5.59. The molecular weight excluding hydrogens is 216 g/mol. The van der Waals surface area contributed by atoms with Crippen LogP contribution in [0, 0.1) is 0 Å². The Hall–Kier alpha value is -2.17. The summed E-state index contributed by atoms with van der Waals surface area (Å²) in [7, 11) is 0. The van der Waals surface area contributed by atoms with E-state index in [0.29, 0.717) is 23.4 Å². The summed E-state index contributed by atoms with van der Waals surface area (Å²) >= 11 is 0. The molecule has 1 aliphatic rings. The number of nitrogens with zero attached hydrogens (tertiary/aromatic N) is 3. The monoisotopic (exact) mass is 228 g/mol. The van der Waals surface area contributed by atoms with E-state index in [4.69, 9.17) is 10.5 Å². The summed E-state index contributed by atoms with van der Waals surface area (Å²) in [6, 6.07) is 5.25. The van der Waals surface area contributed by atoms with Gasteiger partial charge in [-0.3, -0.25) is 4.98 Å². The van der Waals surface area contributed by atoms with E-state index in [-0.39, 0.29) is 0 Å². The summed E-state index contributed by atoms with van der Waals surface area (Å²) in [5, 5.41) is 0. The van der Waals surface area contributed by atoms with Crippen LogP contribution in [-0.4, -0.2) is 15.0 Å². The lowest BCUT2D eigenvalue weighted by molar-refractivity contribution is 0.457. The van der Waals surface area contributed by atoms with Gasteiger partial charge in [0.15, 0.2) is 0 Å². The van der Waals surface area contributed by atoms with Crippen molar-refractivity contribution in [2.45, 2.75) is 18.8 Å². The predicted octanol–water partition coefficient (Wildman–Crippen LogP) is 2.12. The molecule has 0 unspecified atom stereocenters. The van der Waals surface area contributed by atoms with Crippen molar-refractivity contribution in [1.82, 2.24) is 15.0 Å². The molecule has 2 aromatic rings. The second-order valence-corrected chi connectivity index (χ2v) is 4.05. The smallest absolute Gasteiger partial charge is 0.224 e. The molecule has 2 heterocycles. The Morgan fingerprint density at radius 2 is 2.18 bits per heavy atom. The first kappa shape index (κ1) is 10.0. The maximum atomic E-state index is 5.73. The Morgan fingerprint density at radius 1 is 1.29 bits per heavy atom. The zero-order valence-corrected chi connectivity index (χ0v) is 9.21. The molecule has 0 amide bonds. The molecule has 0 atom stereocenters. The zero-order chi connectivity index (χ0) is 11.7. The van der Waals surface area contributed by atoms with Crippen LogP contribution in [0.15, 0.2) is 30.6 Å². The van der Waals surface area contributed by atoms with Crippen molar-refractivity contribution in [3.63, 3.8) is 0 Å². The molecule has 2 aromatic heterocycles. The second-order valence-electron chi connectivity index (χ2n) is 4.05. The highest BCUT2D eigenvalue weighted by molar-refractivity contribution is 5.36. The standard InChI is InChI=1S/C12H12N4O/c13-10-6-11(16-12(15-10)8-3-4-8)17-9-2-1-5-14-7-9/h1-2,5-8H,3-4H2,(H2,13,15,16). The Morgan fingerprint density at radius 3 is 2.88 bits per heavy atom. The SMILES string of the molecule is Nc1cc(Oc2cccnc2)nc(C2CC2)n1. The van der Waals surface area contributed by atoms with Crippen LogP contribution in [0.4, 0.5) is 5.82 Å².